The summed E-state index contributed by atoms with van der Waals surface area (Å²) in [6.45, 7) is 0. The summed E-state index contributed by atoms with van der Waals surface area (Å²) in [6, 6.07) is 11.6. The topological polar surface area (TPSA) is 110 Å². The van der Waals surface area contributed by atoms with Crippen LogP contribution in [0.1, 0.15) is 10.4 Å². The average Bonchev–Trinajstić information content (AvgIpc) is 2.47. The van der Waals surface area contributed by atoms with Crippen LogP contribution in [0.15, 0.2) is 53.4 Å². The SMILES string of the molecule is CN(Nc1ccc(S(=O)(=O)O)cc1)c1ccc(C(=O)[O-])cc1. The molecule has 8 heteroatoms. The predicted octanol–water partition coefficient (Wildman–Crippen LogP) is 0.760. The Labute approximate surface area is 127 Å². The van der Waals surface area contributed by atoms with E-state index in [9.17, 15) is 18.3 Å². The molecule has 2 aromatic carbocycles. The lowest BCUT2D eigenvalue weighted by molar-refractivity contribution is -0.255. The zero-order chi connectivity index (χ0) is 16.3. The van der Waals surface area contributed by atoms with Gasteiger partial charge in [0.1, 0.15) is 0 Å². The fraction of sp³-hybridized carbons (Fsp3) is 0.0714. The molecule has 0 fully saturated rings. The molecular weight excluding hydrogens is 308 g/mol. The molecule has 0 bridgehead atoms. The van der Waals surface area contributed by atoms with Crippen molar-refractivity contribution in [3.05, 3.63) is 54.1 Å². The van der Waals surface area contributed by atoms with E-state index in [2.05, 4.69) is 5.43 Å². The Morgan fingerprint density at radius 3 is 2.09 bits per heavy atom. The summed E-state index contributed by atoms with van der Waals surface area (Å²) in [5.41, 5.74) is 4.35. The van der Waals surface area contributed by atoms with Crippen LogP contribution in [-0.4, -0.2) is 26.0 Å². The molecule has 0 aliphatic heterocycles. The number of nitrogens with zero attached hydrogens (tertiary/aromatic N) is 1. The fourth-order valence-corrected chi connectivity index (χ4v) is 2.26. The number of hydrazine groups is 1. The first kappa shape index (κ1) is 15.8. The summed E-state index contributed by atoms with van der Waals surface area (Å²) in [4.78, 5) is 10.5. The number of carboxylic acids is 1. The van der Waals surface area contributed by atoms with Gasteiger partial charge in [0.25, 0.3) is 10.1 Å². The Morgan fingerprint density at radius 2 is 1.64 bits per heavy atom. The van der Waals surface area contributed by atoms with E-state index >= 15 is 0 Å². The highest BCUT2D eigenvalue weighted by Gasteiger charge is 2.09. The zero-order valence-electron chi connectivity index (χ0n) is 11.6. The van der Waals surface area contributed by atoms with Crippen LogP contribution in [0.2, 0.25) is 0 Å². The van der Waals surface area contributed by atoms with Gasteiger partial charge < -0.3 is 9.90 Å². The molecule has 0 radical (unpaired) electrons. The minimum absolute atomic E-state index is 0.0784. The number of hydrogen-bond donors (Lipinski definition) is 2. The third-order valence-electron chi connectivity index (χ3n) is 2.94. The molecule has 116 valence electrons. The number of carboxylic acid groups (broad SMARTS) is 1. The van der Waals surface area contributed by atoms with Gasteiger partial charge in [-0.1, -0.05) is 12.1 Å². The van der Waals surface area contributed by atoms with E-state index in [1.54, 1.807) is 24.2 Å². The van der Waals surface area contributed by atoms with Crippen LogP contribution in [0.5, 0.6) is 0 Å². The summed E-state index contributed by atoms with van der Waals surface area (Å²) in [6.07, 6.45) is 0. The standard InChI is InChI=1S/C14H14N2O5S/c1-16(12-6-2-10(3-7-12)14(17)18)15-11-4-8-13(9-5-11)22(19,20)21/h2-9,15H,1H3,(H,17,18)(H,19,20,21)/p-1. The van der Waals surface area contributed by atoms with Gasteiger partial charge in [0.15, 0.2) is 0 Å². The number of carbonyl (C=O) groups excluding carboxylic acids is 1. The molecule has 2 rings (SSSR count). The van der Waals surface area contributed by atoms with Gasteiger partial charge in [0.2, 0.25) is 0 Å². The number of anilines is 2. The molecule has 0 unspecified atom stereocenters. The highest BCUT2D eigenvalue weighted by Crippen LogP contribution is 2.18. The minimum Gasteiger partial charge on any atom is -0.545 e. The van der Waals surface area contributed by atoms with Gasteiger partial charge in [-0.15, -0.1) is 0 Å². The lowest BCUT2D eigenvalue weighted by atomic mass is 10.2. The molecule has 2 N–H and O–H groups in total. The van der Waals surface area contributed by atoms with E-state index < -0.39 is 16.1 Å². The first-order chi connectivity index (χ1) is 10.3. The van der Waals surface area contributed by atoms with Crippen LogP contribution >= 0.6 is 0 Å². The van der Waals surface area contributed by atoms with Crippen molar-refractivity contribution in [3.8, 4) is 0 Å². The van der Waals surface area contributed by atoms with Crippen LogP contribution in [-0.2, 0) is 10.1 Å². The largest absolute Gasteiger partial charge is 0.545 e. The molecule has 0 heterocycles. The monoisotopic (exact) mass is 321 g/mol. The second kappa shape index (κ2) is 6.04. The van der Waals surface area contributed by atoms with Crippen LogP contribution in [0, 0.1) is 0 Å². The number of hydrogen-bond acceptors (Lipinski definition) is 6. The van der Waals surface area contributed by atoms with Crippen molar-refractivity contribution < 1.29 is 22.9 Å². The smallest absolute Gasteiger partial charge is 0.294 e. The normalized spacial score (nSPS) is 11.0. The molecule has 0 atom stereocenters. The third kappa shape index (κ3) is 3.74. The zero-order valence-corrected chi connectivity index (χ0v) is 12.4. The Kier molecular flexibility index (Phi) is 4.34. The Morgan fingerprint density at radius 1 is 1.09 bits per heavy atom. The maximum atomic E-state index is 10.9. The molecule has 0 saturated carbocycles. The van der Waals surface area contributed by atoms with Crippen molar-refractivity contribution in [1.29, 1.82) is 0 Å². The van der Waals surface area contributed by atoms with Gasteiger partial charge in [0, 0.05) is 7.05 Å². The van der Waals surface area contributed by atoms with Crippen LogP contribution < -0.4 is 15.5 Å². The quantitative estimate of drug-likeness (QED) is 0.618. The molecular formula is C14H13N2O5S-. The van der Waals surface area contributed by atoms with Crippen molar-refractivity contribution >= 4 is 27.5 Å². The van der Waals surface area contributed by atoms with Crippen molar-refractivity contribution in [1.82, 2.24) is 0 Å². The number of aromatic carboxylic acids is 1. The molecule has 0 aliphatic carbocycles. The predicted molar refractivity (Wildman–Crippen MR) is 79.1 cm³/mol. The maximum absolute atomic E-state index is 10.9. The van der Waals surface area contributed by atoms with Crippen LogP contribution in [0.3, 0.4) is 0 Å². The van der Waals surface area contributed by atoms with E-state index in [1.165, 1.54) is 36.4 Å². The number of benzene rings is 2. The third-order valence-corrected chi connectivity index (χ3v) is 3.81. The molecule has 2 aromatic rings. The first-order valence-corrected chi connectivity index (χ1v) is 7.61. The van der Waals surface area contributed by atoms with E-state index in [-0.39, 0.29) is 10.5 Å². The Bertz CT molecular complexity index is 770. The first-order valence-electron chi connectivity index (χ1n) is 6.17. The Hall–Kier alpha value is -2.58. The maximum Gasteiger partial charge on any atom is 0.294 e. The van der Waals surface area contributed by atoms with E-state index in [0.717, 1.165) is 0 Å². The molecule has 0 saturated heterocycles. The molecule has 0 aromatic heterocycles. The van der Waals surface area contributed by atoms with Crippen molar-refractivity contribution in [2.24, 2.45) is 0 Å². The molecule has 22 heavy (non-hydrogen) atoms. The second-order valence-corrected chi connectivity index (χ2v) is 5.93. The average molecular weight is 321 g/mol. The van der Waals surface area contributed by atoms with Gasteiger partial charge in [-0.25, -0.2) is 0 Å². The molecule has 7 nitrogen and oxygen atoms in total. The van der Waals surface area contributed by atoms with Gasteiger partial charge in [0.05, 0.1) is 22.2 Å². The fourth-order valence-electron chi connectivity index (χ4n) is 1.78. The second-order valence-electron chi connectivity index (χ2n) is 4.50. The summed E-state index contributed by atoms with van der Waals surface area (Å²) in [7, 11) is -2.50. The summed E-state index contributed by atoms with van der Waals surface area (Å²) < 4.78 is 30.8. The highest BCUT2D eigenvalue weighted by atomic mass is 32.2. The number of rotatable bonds is 5. The van der Waals surface area contributed by atoms with Crippen LogP contribution in [0.25, 0.3) is 0 Å². The van der Waals surface area contributed by atoms with Gasteiger partial charge >= 0.3 is 0 Å². The van der Waals surface area contributed by atoms with Crippen molar-refractivity contribution in [2.45, 2.75) is 4.90 Å². The number of carbonyl (C=O) groups is 1. The summed E-state index contributed by atoms with van der Waals surface area (Å²) >= 11 is 0. The van der Waals surface area contributed by atoms with E-state index in [1.807, 2.05) is 0 Å². The molecule has 0 aliphatic rings. The van der Waals surface area contributed by atoms with E-state index in [0.29, 0.717) is 11.4 Å². The Balaban J connectivity index is 2.11. The molecule has 0 amide bonds. The van der Waals surface area contributed by atoms with Gasteiger partial charge in [-0.3, -0.25) is 15.0 Å². The van der Waals surface area contributed by atoms with Crippen molar-refractivity contribution in [2.75, 3.05) is 17.5 Å². The number of nitrogens with one attached hydrogen (secondary N) is 1. The highest BCUT2D eigenvalue weighted by molar-refractivity contribution is 7.85. The van der Waals surface area contributed by atoms with Gasteiger partial charge in [-0.2, -0.15) is 8.42 Å². The van der Waals surface area contributed by atoms with Crippen LogP contribution in [0.4, 0.5) is 11.4 Å². The van der Waals surface area contributed by atoms with Gasteiger partial charge in [-0.05, 0) is 42.0 Å². The molecule has 0 spiro atoms. The van der Waals surface area contributed by atoms with Crippen molar-refractivity contribution in [3.63, 3.8) is 0 Å². The lowest BCUT2D eigenvalue weighted by Gasteiger charge is -2.22. The summed E-state index contributed by atoms with van der Waals surface area (Å²) in [5, 5.41) is 12.3. The van der Waals surface area contributed by atoms with E-state index in [4.69, 9.17) is 4.55 Å². The summed E-state index contributed by atoms with van der Waals surface area (Å²) in [5.74, 6) is -1.25. The minimum atomic E-state index is -4.22. The lowest BCUT2D eigenvalue weighted by Crippen LogP contribution is -2.25.